The summed E-state index contributed by atoms with van der Waals surface area (Å²) in [5, 5.41) is 2.12. The molecule has 1 amide bonds. The number of halogens is 4. The molecule has 1 aromatic heterocycles. The van der Waals surface area contributed by atoms with Crippen LogP contribution in [0.4, 0.5) is 18.9 Å². The van der Waals surface area contributed by atoms with Crippen LogP contribution in [-0.4, -0.2) is 18.9 Å². The molecule has 0 atom stereocenters. The predicted molar refractivity (Wildman–Crippen MR) is 117 cm³/mol. The molecule has 1 heterocycles. The van der Waals surface area contributed by atoms with E-state index in [2.05, 4.69) is 5.32 Å². The number of aryl methyl sites for hydroxylation is 2. The van der Waals surface area contributed by atoms with Crippen LogP contribution < -0.4 is 10.9 Å². The van der Waals surface area contributed by atoms with Crippen molar-refractivity contribution >= 4 is 33.0 Å². The second-order valence-corrected chi connectivity index (χ2v) is 9.54. The van der Waals surface area contributed by atoms with Gasteiger partial charge >= 0.3 is 6.18 Å². The Bertz CT molecular complexity index is 1390. The molecule has 3 rings (SSSR count). The van der Waals surface area contributed by atoms with Crippen LogP contribution in [0.3, 0.4) is 0 Å². The van der Waals surface area contributed by atoms with Crippen molar-refractivity contribution in [3.05, 3.63) is 86.8 Å². The number of amides is 1. The highest BCUT2D eigenvalue weighted by Crippen LogP contribution is 2.33. The third-order valence-electron chi connectivity index (χ3n) is 4.84. The van der Waals surface area contributed by atoms with Gasteiger partial charge in [-0.1, -0.05) is 29.8 Å². The maximum Gasteiger partial charge on any atom is 0.416 e. The van der Waals surface area contributed by atoms with Crippen molar-refractivity contribution < 1.29 is 26.4 Å². The molecule has 0 radical (unpaired) electrons. The molecule has 0 aliphatic heterocycles. The summed E-state index contributed by atoms with van der Waals surface area (Å²) < 4.78 is 65.9. The summed E-state index contributed by atoms with van der Waals surface area (Å²) in [6.07, 6.45) is -4.64. The number of alkyl halides is 3. The Morgan fingerprint density at radius 3 is 2.30 bits per heavy atom. The normalized spacial score (nSPS) is 11.9. The largest absolute Gasteiger partial charge is 0.416 e. The molecule has 0 saturated carbocycles. The summed E-state index contributed by atoms with van der Waals surface area (Å²) in [6, 6.07) is 11.2. The number of aromatic nitrogens is 1. The summed E-state index contributed by atoms with van der Waals surface area (Å²) >= 11 is 5.90. The van der Waals surface area contributed by atoms with E-state index >= 15 is 0 Å². The number of carbonyl (C=O) groups is 1. The monoisotopic (exact) mass is 498 g/mol. The van der Waals surface area contributed by atoms with Gasteiger partial charge in [0.2, 0.25) is 15.7 Å². The minimum atomic E-state index is -4.64. The third kappa shape index (κ3) is 5.12. The Balaban J connectivity index is 1.98. The molecular formula is C22H18ClF3N2O4S. The fourth-order valence-corrected chi connectivity index (χ4v) is 5.02. The van der Waals surface area contributed by atoms with Crippen molar-refractivity contribution in [1.82, 2.24) is 4.57 Å². The van der Waals surface area contributed by atoms with E-state index in [9.17, 15) is 31.2 Å². The van der Waals surface area contributed by atoms with Gasteiger partial charge in [0, 0.05) is 5.69 Å². The molecule has 0 bridgehead atoms. The van der Waals surface area contributed by atoms with Crippen molar-refractivity contribution in [3.8, 4) is 0 Å². The van der Waals surface area contributed by atoms with Crippen LogP contribution in [0.5, 0.6) is 0 Å². The van der Waals surface area contributed by atoms with Gasteiger partial charge in [-0.2, -0.15) is 13.2 Å². The van der Waals surface area contributed by atoms with Crippen molar-refractivity contribution in [2.45, 2.75) is 36.4 Å². The molecular weight excluding hydrogens is 481 g/mol. The molecule has 0 aliphatic carbocycles. The lowest BCUT2D eigenvalue weighted by molar-refractivity contribution is -0.137. The highest BCUT2D eigenvalue weighted by molar-refractivity contribution is 7.91. The maximum absolute atomic E-state index is 13.1. The summed E-state index contributed by atoms with van der Waals surface area (Å²) in [5.41, 5.74) is -1.70. The van der Waals surface area contributed by atoms with E-state index in [-0.39, 0.29) is 21.2 Å². The van der Waals surface area contributed by atoms with E-state index < -0.39 is 44.5 Å². The number of rotatable bonds is 5. The number of pyridine rings is 1. The van der Waals surface area contributed by atoms with Gasteiger partial charge in [0.05, 0.1) is 21.2 Å². The van der Waals surface area contributed by atoms with Gasteiger partial charge in [-0.05, 0) is 55.8 Å². The molecule has 0 aliphatic rings. The van der Waals surface area contributed by atoms with Gasteiger partial charge in [0.1, 0.15) is 11.4 Å². The zero-order valence-electron chi connectivity index (χ0n) is 17.4. The Morgan fingerprint density at radius 1 is 1.06 bits per heavy atom. The van der Waals surface area contributed by atoms with Gasteiger partial charge in [-0.15, -0.1) is 0 Å². The zero-order chi connectivity index (χ0) is 24.6. The summed E-state index contributed by atoms with van der Waals surface area (Å²) in [5.74, 6) is -0.853. The van der Waals surface area contributed by atoms with E-state index in [0.29, 0.717) is 11.8 Å². The number of nitrogens with zero attached hydrogens (tertiary/aromatic N) is 1. The minimum absolute atomic E-state index is 0.0826. The third-order valence-corrected chi connectivity index (χ3v) is 7.10. The molecule has 3 aromatic rings. The second-order valence-electron chi connectivity index (χ2n) is 7.25. The van der Waals surface area contributed by atoms with Gasteiger partial charge in [0.25, 0.3) is 5.56 Å². The van der Waals surface area contributed by atoms with Gasteiger partial charge in [-0.25, -0.2) is 8.42 Å². The molecule has 174 valence electrons. The van der Waals surface area contributed by atoms with Gasteiger partial charge < -0.3 is 9.88 Å². The highest BCUT2D eigenvalue weighted by atomic mass is 35.5. The van der Waals surface area contributed by atoms with E-state index in [1.807, 2.05) is 0 Å². The average Bonchev–Trinajstić information content (AvgIpc) is 2.72. The predicted octanol–water partition coefficient (Wildman–Crippen LogP) is 4.61. The number of carbonyl (C=O) groups excluding carboxylic acids is 1. The molecule has 6 nitrogen and oxygen atoms in total. The lowest BCUT2D eigenvalue weighted by atomic mass is 10.2. The number of sulfone groups is 1. The first kappa shape index (κ1) is 24.5. The smallest absolute Gasteiger partial charge is 0.323 e. The van der Waals surface area contributed by atoms with Crippen LogP contribution in [0.25, 0.3) is 0 Å². The zero-order valence-corrected chi connectivity index (χ0v) is 19.0. The number of benzene rings is 2. The Labute approximate surface area is 192 Å². The van der Waals surface area contributed by atoms with Crippen LogP contribution in [0, 0.1) is 13.8 Å². The Hall–Kier alpha value is -3.11. The minimum Gasteiger partial charge on any atom is -0.323 e. The fraction of sp³-hybridized carbons (Fsp3) is 0.182. The van der Waals surface area contributed by atoms with E-state index in [0.717, 1.165) is 16.7 Å². The summed E-state index contributed by atoms with van der Waals surface area (Å²) in [4.78, 5) is 25.1. The molecule has 0 unspecified atom stereocenters. The first-order chi connectivity index (χ1) is 15.3. The number of hydrogen-bond acceptors (Lipinski definition) is 4. The van der Waals surface area contributed by atoms with E-state index in [1.54, 1.807) is 6.07 Å². The molecule has 1 N–H and O–H groups in total. The number of nitrogens with one attached hydrogen (secondary N) is 1. The van der Waals surface area contributed by atoms with Gasteiger partial charge in [-0.3, -0.25) is 9.59 Å². The van der Waals surface area contributed by atoms with Gasteiger partial charge in [0.15, 0.2) is 0 Å². The number of hydrogen-bond donors (Lipinski definition) is 1. The summed E-state index contributed by atoms with van der Waals surface area (Å²) in [6.45, 7) is 2.35. The van der Waals surface area contributed by atoms with Crippen LogP contribution in [0.15, 0.2) is 69.2 Å². The topological polar surface area (TPSA) is 85.2 Å². The highest BCUT2D eigenvalue weighted by Gasteiger charge is 2.31. The molecule has 0 saturated heterocycles. The molecule has 2 aromatic carbocycles. The first-order valence-electron chi connectivity index (χ1n) is 9.50. The van der Waals surface area contributed by atoms with Crippen molar-refractivity contribution in [2.75, 3.05) is 5.32 Å². The second kappa shape index (κ2) is 9.03. The maximum atomic E-state index is 13.1. The average molecular weight is 499 g/mol. The van der Waals surface area contributed by atoms with Crippen molar-refractivity contribution in [2.24, 2.45) is 0 Å². The van der Waals surface area contributed by atoms with Crippen LogP contribution in [0.2, 0.25) is 5.02 Å². The lowest BCUT2D eigenvalue weighted by Gasteiger charge is -2.16. The van der Waals surface area contributed by atoms with E-state index in [4.69, 9.17) is 11.6 Å². The Morgan fingerprint density at radius 2 is 1.70 bits per heavy atom. The molecule has 0 fully saturated rings. The van der Waals surface area contributed by atoms with Crippen LogP contribution in [0.1, 0.15) is 16.8 Å². The fourth-order valence-electron chi connectivity index (χ4n) is 3.28. The number of anilines is 1. The Kier molecular flexibility index (Phi) is 6.71. The standard InChI is InChI=1S/C22H18ClF3N2O4S/c1-13-10-14(2)28(21(30)20(13)33(31,32)16-6-4-3-5-7-16)12-19(29)27-18-11-15(22(24,25)26)8-9-17(18)23/h3-11H,12H2,1-2H3,(H,27,29). The molecule has 11 heteroatoms. The molecule has 0 spiro atoms. The van der Waals surface area contributed by atoms with Crippen molar-refractivity contribution in [1.29, 1.82) is 0 Å². The van der Waals surface area contributed by atoms with E-state index in [1.165, 1.54) is 44.2 Å². The quantitative estimate of drug-likeness (QED) is 0.556. The first-order valence-corrected chi connectivity index (χ1v) is 11.4. The van der Waals surface area contributed by atoms with Crippen LogP contribution in [-0.2, 0) is 27.4 Å². The van der Waals surface area contributed by atoms with Crippen LogP contribution >= 0.6 is 11.6 Å². The lowest BCUT2D eigenvalue weighted by Crippen LogP contribution is -2.33. The summed E-state index contributed by atoms with van der Waals surface area (Å²) in [7, 11) is -4.17. The van der Waals surface area contributed by atoms with Crippen molar-refractivity contribution in [3.63, 3.8) is 0 Å². The SMILES string of the molecule is Cc1cc(C)n(CC(=O)Nc2cc(C(F)(F)F)ccc2Cl)c(=O)c1S(=O)(=O)c1ccccc1. The molecule has 33 heavy (non-hydrogen) atoms.